The van der Waals surface area contributed by atoms with E-state index in [1.54, 1.807) is 12.4 Å². The summed E-state index contributed by atoms with van der Waals surface area (Å²) >= 11 is 1.96. The van der Waals surface area contributed by atoms with E-state index in [4.69, 9.17) is 4.74 Å². The third-order valence-electron chi connectivity index (χ3n) is 4.47. The molecule has 2 atom stereocenters. The number of pyridine rings is 1. The van der Waals surface area contributed by atoms with Crippen LogP contribution in [0, 0.1) is 0 Å². The lowest BCUT2D eigenvalue weighted by molar-refractivity contribution is -0.134. The molecular formula is C17H24N2O2S. The molecule has 2 saturated heterocycles. The van der Waals surface area contributed by atoms with Crippen LogP contribution in [0.1, 0.15) is 31.2 Å². The number of aromatic nitrogens is 1. The number of hydrogen-bond acceptors (Lipinski definition) is 4. The van der Waals surface area contributed by atoms with Crippen LogP contribution < -0.4 is 0 Å². The van der Waals surface area contributed by atoms with Crippen LogP contribution in [0.5, 0.6) is 0 Å². The average molecular weight is 320 g/mol. The molecule has 0 spiro atoms. The summed E-state index contributed by atoms with van der Waals surface area (Å²) in [7, 11) is 0. The Kier molecular flexibility index (Phi) is 5.73. The summed E-state index contributed by atoms with van der Waals surface area (Å²) < 4.78 is 5.75. The Morgan fingerprint density at radius 2 is 2.23 bits per heavy atom. The van der Waals surface area contributed by atoms with E-state index in [9.17, 15) is 4.79 Å². The van der Waals surface area contributed by atoms with E-state index in [-0.39, 0.29) is 12.0 Å². The monoisotopic (exact) mass is 320 g/mol. The lowest BCUT2D eigenvalue weighted by Gasteiger charge is -2.31. The number of thioether (sulfide) groups is 1. The van der Waals surface area contributed by atoms with Crippen LogP contribution in [0.15, 0.2) is 24.5 Å². The van der Waals surface area contributed by atoms with E-state index in [1.807, 2.05) is 23.9 Å². The van der Waals surface area contributed by atoms with Gasteiger partial charge >= 0.3 is 0 Å². The molecule has 2 aliphatic heterocycles. The van der Waals surface area contributed by atoms with Crippen molar-refractivity contribution >= 4 is 17.7 Å². The Morgan fingerprint density at radius 3 is 2.91 bits per heavy atom. The first-order valence-electron chi connectivity index (χ1n) is 8.20. The van der Waals surface area contributed by atoms with Gasteiger partial charge in [-0.25, -0.2) is 0 Å². The highest BCUT2D eigenvalue weighted by Gasteiger charge is 2.30. The normalized spacial score (nSPS) is 24.5. The zero-order chi connectivity index (χ0) is 15.2. The molecule has 0 N–H and O–H groups in total. The Morgan fingerprint density at radius 1 is 1.36 bits per heavy atom. The van der Waals surface area contributed by atoms with Crippen LogP contribution in [0.4, 0.5) is 0 Å². The minimum Gasteiger partial charge on any atom is -0.376 e. The van der Waals surface area contributed by atoms with Crippen molar-refractivity contribution < 1.29 is 9.53 Å². The van der Waals surface area contributed by atoms with Gasteiger partial charge in [-0.3, -0.25) is 9.78 Å². The number of amides is 1. The van der Waals surface area contributed by atoms with Crippen LogP contribution in [-0.4, -0.2) is 52.6 Å². The van der Waals surface area contributed by atoms with E-state index >= 15 is 0 Å². The van der Waals surface area contributed by atoms with Gasteiger partial charge in [-0.05, 0) is 49.1 Å². The molecule has 22 heavy (non-hydrogen) atoms. The van der Waals surface area contributed by atoms with Gasteiger partial charge in [0.1, 0.15) is 0 Å². The SMILES string of the molecule is O=C(CCc1ccncc1)N(CC1CCCO1)C1CCSC1. The van der Waals surface area contributed by atoms with Crippen molar-refractivity contribution in [3.8, 4) is 0 Å². The molecule has 3 rings (SSSR count). The Labute approximate surface area is 136 Å². The maximum atomic E-state index is 12.7. The van der Waals surface area contributed by atoms with E-state index in [2.05, 4.69) is 9.88 Å². The van der Waals surface area contributed by atoms with Gasteiger partial charge in [-0.2, -0.15) is 11.8 Å². The third kappa shape index (κ3) is 4.23. The maximum absolute atomic E-state index is 12.7. The lowest BCUT2D eigenvalue weighted by atomic mass is 10.1. The molecule has 0 aromatic carbocycles. The topological polar surface area (TPSA) is 42.4 Å². The Hall–Kier alpha value is -1.07. The van der Waals surface area contributed by atoms with Gasteiger partial charge in [0.15, 0.2) is 0 Å². The van der Waals surface area contributed by atoms with Crippen molar-refractivity contribution in [1.82, 2.24) is 9.88 Å². The summed E-state index contributed by atoms with van der Waals surface area (Å²) in [5, 5.41) is 0. The standard InChI is InChI=1S/C17H24N2O2S/c20-17(4-3-14-5-8-18-9-6-14)19(15-7-11-22-13-15)12-16-2-1-10-21-16/h5-6,8-9,15-16H,1-4,7,10-13H2. The van der Waals surface area contributed by atoms with Gasteiger partial charge in [0.2, 0.25) is 5.91 Å². The second kappa shape index (κ2) is 7.97. The molecular weight excluding hydrogens is 296 g/mol. The summed E-state index contributed by atoms with van der Waals surface area (Å²) in [6.45, 7) is 1.63. The summed E-state index contributed by atoms with van der Waals surface area (Å²) in [5.41, 5.74) is 1.18. The smallest absolute Gasteiger partial charge is 0.223 e. The van der Waals surface area contributed by atoms with Crippen LogP contribution in [0.25, 0.3) is 0 Å². The number of rotatable bonds is 6. The summed E-state index contributed by atoms with van der Waals surface area (Å²) in [5.74, 6) is 2.53. The number of nitrogens with zero attached hydrogens (tertiary/aromatic N) is 2. The van der Waals surface area contributed by atoms with E-state index < -0.39 is 0 Å². The Balaban J connectivity index is 1.58. The molecule has 2 aliphatic rings. The molecule has 0 saturated carbocycles. The van der Waals surface area contributed by atoms with Crippen molar-refractivity contribution in [2.24, 2.45) is 0 Å². The minimum atomic E-state index is 0.246. The van der Waals surface area contributed by atoms with E-state index in [1.165, 1.54) is 11.3 Å². The summed E-state index contributed by atoms with van der Waals surface area (Å²) in [4.78, 5) is 18.9. The van der Waals surface area contributed by atoms with Crippen LogP contribution in [-0.2, 0) is 16.0 Å². The fraction of sp³-hybridized carbons (Fsp3) is 0.647. The fourth-order valence-electron chi connectivity index (χ4n) is 3.17. The Bertz CT molecular complexity index is 471. The second-order valence-electron chi connectivity index (χ2n) is 6.05. The number of carbonyl (C=O) groups is 1. The highest BCUT2D eigenvalue weighted by molar-refractivity contribution is 7.99. The van der Waals surface area contributed by atoms with Crippen LogP contribution >= 0.6 is 11.8 Å². The number of ether oxygens (including phenoxy) is 1. The van der Waals surface area contributed by atoms with Gasteiger partial charge in [-0.15, -0.1) is 0 Å². The highest BCUT2D eigenvalue weighted by atomic mass is 32.2. The minimum absolute atomic E-state index is 0.246. The second-order valence-corrected chi connectivity index (χ2v) is 7.20. The number of hydrogen-bond donors (Lipinski definition) is 0. The number of carbonyl (C=O) groups excluding carboxylic acids is 1. The molecule has 1 aromatic rings. The highest BCUT2D eigenvalue weighted by Crippen LogP contribution is 2.25. The predicted molar refractivity (Wildman–Crippen MR) is 89.0 cm³/mol. The molecule has 5 heteroatoms. The summed E-state index contributed by atoms with van der Waals surface area (Å²) in [6, 6.07) is 4.38. The molecule has 2 unspecified atom stereocenters. The molecule has 4 nitrogen and oxygen atoms in total. The van der Waals surface area contributed by atoms with E-state index in [0.717, 1.165) is 44.6 Å². The van der Waals surface area contributed by atoms with Gasteiger partial charge < -0.3 is 9.64 Å². The molecule has 0 bridgehead atoms. The maximum Gasteiger partial charge on any atom is 0.223 e. The molecule has 2 fully saturated rings. The third-order valence-corrected chi connectivity index (χ3v) is 5.61. The molecule has 120 valence electrons. The predicted octanol–water partition coefficient (Wildman–Crippen LogP) is 2.53. The first kappa shape index (κ1) is 15.8. The van der Waals surface area contributed by atoms with Crippen LogP contribution in [0.3, 0.4) is 0 Å². The fourth-order valence-corrected chi connectivity index (χ4v) is 4.40. The summed E-state index contributed by atoms with van der Waals surface area (Å²) in [6.07, 6.45) is 8.54. The van der Waals surface area contributed by atoms with Crippen molar-refractivity contribution in [3.63, 3.8) is 0 Å². The van der Waals surface area contributed by atoms with Crippen LogP contribution in [0.2, 0.25) is 0 Å². The van der Waals surface area contributed by atoms with Gasteiger partial charge in [-0.1, -0.05) is 0 Å². The zero-order valence-electron chi connectivity index (χ0n) is 12.9. The molecule has 1 amide bonds. The number of aryl methyl sites for hydroxylation is 1. The van der Waals surface area contributed by atoms with Crippen molar-refractivity contribution in [2.45, 2.75) is 44.2 Å². The molecule has 0 radical (unpaired) electrons. The first-order chi connectivity index (χ1) is 10.8. The zero-order valence-corrected chi connectivity index (χ0v) is 13.8. The average Bonchev–Trinajstić information content (AvgIpc) is 3.24. The molecule has 0 aliphatic carbocycles. The quantitative estimate of drug-likeness (QED) is 0.808. The molecule has 1 aromatic heterocycles. The first-order valence-corrected chi connectivity index (χ1v) is 9.36. The molecule has 3 heterocycles. The largest absolute Gasteiger partial charge is 0.376 e. The van der Waals surface area contributed by atoms with Crippen molar-refractivity contribution in [1.29, 1.82) is 0 Å². The van der Waals surface area contributed by atoms with Gasteiger partial charge in [0, 0.05) is 43.8 Å². The van der Waals surface area contributed by atoms with E-state index in [0.29, 0.717) is 12.5 Å². The van der Waals surface area contributed by atoms with Crippen molar-refractivity contribution in [3.05, 3.63) is 30.1 Å². The van der Waals surface area contributed by atoms with Gasteiger partial charge in [0.25, 0.3) is 0 Å². The lowest BCUT2D eigenvalue weighted by Crippen LogP contribution is -2.44. The van der Waals surface area contributed by atoms with Gasteiger partial charge in [0.05, 0.1) is 6.10 Å². The van der Waals surface area contributed by atoms with Crippen molar-refractivity contribution in [2.75, 3.05) is 24.7 Å².